The molecule has 1 aliphatic heterocycles. The highest BCUT2D eigenvalue weighted by atomic mass is 79.9. The lowest BCUT2D eigenvalue weighted by Crippen LogP contribution is -2.27. The van der Waals surface area contributed by atoms with Crippen LogP contribution in [0.15, 0.2) is 88.4 Å². The standard InChI is InChI=1S/C27H18BrN3O2S/c28-22-11-9-20(10-12-22)16-31-26(32)25(34-27(31)33)13-21-17-30(24-4-2-1-3-23(21)24)15-19-7-5-18(14-29)6-8-19/h1-13,17H,15-16H2/b25-13-. The third-order valence-electron chi connectivity index (χ3n) is 5.67. The molecule has 0 saturated carbocycles. The molecule has 4 aromatic rings. The van der Waals surface area contributed by atoms with E-state index in [9.17, 15) is 9.59 Å². The van der Waals surface area contributed by atoms with Crippen LogP contribution in [0.5, 0.6) is 0 Å². The molecule has 3 aromatic carbocycles. The van der Waals surface area contributed by atoms with Gasteiger partial charge < -0.3 is 4.57 Å². The van der Waals surface area contributed by atoms with Gasteiger partial charge in [0.05, 0.1) is 23.1 Å². The van der Waals surface area contributed by atoms with Crippen molar-refractivity contribution in [3.8, 4) is 6.07 Å². The van der Waals surface area contributed by atoms with E-state index in [0.717, 1.165) is 43.8 Å². The number of benzene rings is 3. The van der Waals surface area contributed by atoms with Gasteiger partial charge in [-0.05, 0) is 59.3 Å². The number of thioether (sulfide) groups is 1. The monoisotopic (exact) mass is 527 g/mol. The molecule has 2 heterocycles. The normalized spacial score (nSPS) is 14.8. The third kappa shape index (κ3) is 4.43. The van der Waals surface area contributed by atoms with Gasteiger partial charge in [-0.25, -0.2) is 0 Å². The zero-order chi connectivity index (χ0) is 23.7. The lowest BCUT2D eigenvalue weighted by molar-refractivity contribution is -0.123. The van der Waals surface area contributed by atoms with Gasteiger partial charge in [-0.3, -0.25) is 14.5 Å². The topological polar surface area (TPSA) is 66.1 Å². The summed E-state index contributed by atoms with van der Waals surface area (Å²) in [4.78, 5) is 27.4. The molecule has 34 heavy (non-hydrogen) atoms. The molecule has 5 nitrogen and oxygen atoms in total. The Kier molecular flexibility index (Phi) is 6.10. The minimum absolute atomic E-state index is 0.246. The van der Waals surface area contributed by atoms with Crippen LogP contribution in [0, 0.1) is 11.3 Å². The van der Waals surface area contributed by atoms with Gasteiger partial charge in [-0.1, -0.05) is 58.4 Å². The number of nitrogens with zero attached hydrogens (tertiary/aromatic N) is 3. The summed E-state index contributed by atoms with van der Waals surface area (Å²) in [6, 6.07) is 25.2. The van der Waals surface area contributed by atoms with Crippen molar-refractivity contribution in [2.45, 2.75) is 13.1 Å². The number of amides is 2. The van der Waals surface area contributed by atoms with Crippen molar-refractivity contribution in [2.24, 2.45) is 0 Å². The first kappa shape index (κ1) is 22.2. The van der Waals surface area contributed by atoms with Crippen LogP contribution in [0.4, 0.5) is 4.79 Å². The second-order valence-electron chi connectivity index (χ2n) is 7.93. The summed E-state index contributed by atoms with van der Waals surface area (Å²) in [6.45, 7) is 0.876. The maximum Gasteiger partial charge on any atom is 0.293 e. The molecule has 1 fully saturated rings. The van der Waals surface area contributed by atoms with Crippen LogP contribution in [0.2, 0.25) is 0 Å². The number of hydrogen-bond acceptors (Lipinski definition) is 4. The molecular weight excluding hydrogens is 510 g/mol. The molecule has 0 radical (unpaired) electrons. The van der Waals surface area contributed by atoms with Gasteiger partial charge in [-0.2, -0.15) is 5.26 Å². The number of fused-ring (bicyclic) bond motifs is 1. The van der Waals surface area contributed by atoms with Crippen LogP contribution in [0.25, 0.3) is 17.0 Å². The van der Waals surface area contributed by atoms with Crippen molar-refractivity contribution in [1.82, 2.24) is 9.47 Å². The number of aromatic nitrogens is 1. The predicted octanol–water partition coefficient (Wildman–Crippen LogP) is 6.56. The molecule has 0 aliphatic carbocycles. The number of carbonyl (C=O) groups excluding carboxylic acids is 2. The molecule has 0 atom stereocenters. The van der Waals surface area contributed by atoms with Crippen LogP contribution in [-0.2, 0) is 17.9 Å². The Balaban J connectivity index is 1.44. The molecule has 0 spiro atoms. The van der Waals surface area contributed by atoms with Gasteiger partial charge >= 0.3 is 0 Å². The van der Waals surface area contributed by atoms with Crippen LogP contribution in [0.3, 0.4) is 0 Å². The summed E-state index contributed by atoms with van der Waals surface area (Å²) in [7, 11) is 0. The minimum atomic E-state index is -0.276. The molecule has 2 amide bonds. The van der Waals surface area contributed by atoms with E-state index in [1.54, 1.807) is 0 Å². The van der Waals surface area contributed by atoms with Crippen molar-refractivity contribution in [3.05, 3.63) is 111 Å². The van der Waals surface area contributed by atoms with Crippen LogP contribution < -0.4 is 0 Å². The number of halogens is 1. The van der Waals surface area contributed by atoms with E-state index in [1.165, 1.54) is 4.90 Å². The van der Waals surface area contributed by atoms with Crippen LogP contribution in [0.1, 0.15) is 22.3 Å². The third-order valence-corrected chi connectivity index (χ3v) is 7.11. The van der Waals surface area contributed by atoms with Gasteiger partial charge in [0.2, 0.25) is 0 Å². The van der Waals surface area contributed by atoms with Gasteiger partial charge in [0.15, 0.2) is 0 Å². The Morgan fingerprint density at radius 1 is 0.912 bits per heavy atom. The highest BCUT2D eigenvalue weighted by Gasteiger charge is 2.35. The number of rotatable bonds is 5. The van der Waals surface area contributed by atoms with Crippen LogP contribution >= 0.6 is 27.7 Å². The van der Waals surface area contributed by atoms with E-state index in [0.29, 0.717) is 17.0 Å². The van der Waals surface area contributed by atoms with Crippen molar-refractivity contribution < 1.29 is 9.59 Å². The average Bonchev–Trinajstić information content (AvgIpc) is 3.33. The Bertz CT molecular complexity index is 1480. The number of nitriles is 1. The lowest BCUT2D eigenvalue weighted by atomic mass is 10.1. The predicted molar refractivity (Wildman–Crippen MR) is 138 cm³/mol. The summed E-state index contributed by atoms with van der Waals surface area (Å²) < 4.78 is 3.07. The van der Waals surface area contributed by atoms with Crippen molar-refractivity contribution >= 4 is 55.8 Å². The van der Waals surface area contributed by atoms with Gasteiger partial charge in [0, 0.05) is 33.7 Å². The lowest BCUT2D eigenvalue weighted by Gasteiger charge is -2.12. The summed E-state index contributed by atoms with van der Waals surface area (Å²) in [5, 5.41) is 9.78. The van der Waals surface area contributed by atoms with E-state index in [2.05, 4.69) is 26.6 Å². The van der Waals surface area contributed by atoms with E-state index in [1.807, 2.05) is 85.1 Å². The van der Waals surface area contributed by atoms with Gasteiger partial charge in [0.25, 0.3) is 11.1 Å². The second kappa shape index (κ2) is 9.34. The molecule has 1 aromatic heterocycles. The average molecular weight is 528 g/mol. The maximum absolute atomic E-state index is 13.1. The molecule has 0 unspecified atom stereocenters. The Morgan fingerprint density at radius 3 is 2.32 bits per heavy atom. The molecule has 7 heteroatoms. The zero-order valence-corrected chi connectivity index (χ0v) is 20.3. The highest BCUT2D eigenvalue weighted by molar-refractivity contribution is 9.10. The summed E-state index contributed by atoms with van der Waals surface area (Å²) >= 11 is 4.38. The molecular formula is C27H18BrN3O2S. The fourth-order valence-corrected chi connectivity index (χ4v) is 5.05. The second-order valence-corrected chi connectivity index (χ2v) is 9.84. The summed E-state index contributed by atoms with van der Waals surface area (Å²) in [6.07, 6.45) is 3.82. The highest BCUT2D eigenvalue weighted by Crippen LogP contribution is 2.35. The first-order chi connectivity index (χ1) is 16.5. The van der Waals surface area contributed by atoms with Crippen molar-refractivity contribution in [2.75, 3.05) is 0 Å². The van der Waals surface area contributed by atoms with Crippen LogP contribution in [-0.4, -0.2) is 20.6 Å². The first-order valence-corrected chi connectivity index (χ1v) is 12.2. The number of hydrogen-bond donors (Lipinski definition) is 0. The van der Waals surface area contributed by atoms with Gasteiger partial charge in [0.1, 0.15) is 0 Å². The molecule has 0 N–H and O–H groups in total. The quantitative estimate of drug-likeness (QED) is 0.275. The Labute approximate surface area is 209 Å². The fraction of sp³-hybridized carbons (Fsp3) is 0.0741. The van der Waals surface area contributed by atoms with E-state index in [4.69, 9.17) is 5.26 Å². The number of carbonyl (C=O) groups is 2. The molecule has 166 valence electrons. The molecule has 5 rings (SSSR count). The fourth-order valence-electron chi connectivity index (χ4n) is 3.95. The zero-order valence-electron chi connectivity index (χ0n) is 17.9. The minimum Gasteiger partial charge on any atom is -0.342 e. The Morgan fingerprint density at radius 2 is 1.59 bits per heavy atom. The number of imide groups is 1. The Hall–Kier alpha value is -3.60. The van der Waals surface area contributed by atoms with E-state index >= 15 is 0 Å². The van der Waals surface area contributed by atoms with Crippen molar-refractivity contribution in [1.29, 1.82) is 5.26 Å². The first-order valence-electron chi connectivity index (χ1n) is 10.6. The smallest absolute Gasteiger partial charge is 0.293 e. The largest absolute Gasteiger partial charge is 0.342 e. The number of para-hydroxylation sites is 1. The summed E-state index contributed by atoms with van der Waals surface area (Å²) in [5.74, 6) is -0.276. The molecule has 1 aliphatic rings. The van der Waals surface area contributed by atoms with Crippen molar-refractivity contribution in [3.63, 3.8) is 0 Å². The molecule has 0 bridgehead atoms. The van der Waals surface area contributed by atoms with E-state index < -0.39 is 0 Å². The maximum atomic E-state index is 13.1. The molecule has 1 saturated heterocycles. The SMILES string of the molecule is N#Cc1ccc(Cn2cc(/C=C3\SC(=O)N(Cc4ccc(Br)cc4)C3=O)c3ccccc32)cc1. The van der Waals surface area contributed by atoms with E-state index in [-0.39, 0.29) is 17.7 Å². The van der Waals surface area contributed by atoms with Gasteiger partial charge in [-0.15, -0.1) is 0 Å². The summed E-state index contributed by atoms with van der Waals surface area (Å²) in [5.41, 5.74) is 4.51.